The molecular weight excluding hydrogens is 602 g/mol. The van der Waals surface area contributed by atoms with Crippen LogP contribution in [-0.2, 0) is 5.41 Å². The maximum atomic E-state index is 14.9. The number of carbonyl (C=O) groups excluding carboxylic acids is 2. The summed E-state index contributed by atoms with van der Waals surface area (Å²) in [5.41, 5.74) is -5.66. The first kappa shape index (κ1) is 32.9. The molecule has 0 saturated carbocycles. The summed E-state index contributed by atoms with van der Waals surface area (Å²) in [6.45, 7) is 6.98. The summed E-state index contributed by atoms with van der Waals surface area (Å²) in [5.74, 6) is -3.31. The van der Waals surface area contributed by atoms with Crippen molar-refractivity contribution in [3.63, 3.8) is 0 Å². The van der Waals surface area contributed by atoms with Crippen LogP contribution in [0, 0.1) is 27.7 Å². The van der Waals surface area contributed by atoms with Crippen LogP contribution in [0.25, 0.3) is 0 Å². The first-order chi connectivity index (χ1) is 20.9. The molecule has 12 heteroatoms. The molecule has 0 aliphatic carbocycles. The molecule has 0 radical (unpaired) electrons. The molecule has 0 bridgehead atoms. The van der Waals surface area contributed by atoms with Crippen LogP contribution in [-0.4, -0.2) is 34.4 Å². The molecular formula is C33H28F6N2O4. The van der Waals surface area contributed by atoms with E-state index in [2.05, 4.69) is 10.6 Å². The maximum absolute atomic E-state index is 14.9. The Morgan fingerprint density at radius 3 is 1.20 bits per heavy atom. The van der Waals surface area contributed by atoms with Crippen molar-refractivity contribution in [1.29, 1.82) is 0 Å². The lowest BCUT2D eigenvalue weighted by Crippen LogP contribution is -2.54. The van der Waals surface area contributed by atoms with Gasteiger partial charge in [0.2, 0.25) is 5.41 Å². The van der Waals surface area contributed by atoms with Crippen LogP contribution < -0.4 is 10.6 Å². The number of phenols is 2. The van der Waals surface area contributed by atoms with Gasteiger partial charge in [-0.25, -0.2) is 0 Å². The molecule has 4 rings (SSSR count). The number of aryl methyl sites for hydroxylation is 4. The molecule has 45 heavy (non-hydrogen) atoms. The van der Waals surface area contributed by atoms with E-state index in [4.69, 9.17) is 0 Å². The molecule has 6 nitrogen and oxygen atoms in total. The van der Waals surface area contributed by atoms with E-state index in [-0.39, 0.29) is 11.1 Å². The largest absolute Gasteiger partial charge is 0.506 e. The van der Waals surface area contributed by atoms with Crippen LogP contribution >= 0.6 is 0 Å². The van der Waals surface area contributed by atoms with E-state index < -0.39 is 63.6 Å². The second kappa shape index (κ2) is 11.8. The number of amides is 2. The van der Waals surface area contributed by atoms with Crippen molar-refractivity contribution in [1.82, 2.24) is 0 Å². The number of hydrogen-bond acceptors (Lipinski definition) is 4. The van der Waals surface area contributed by atoms with Crippen molar-refractivity contribution < 1.29 is 46.1 Å². The van der Waals surface area contributed by atoms with Crippen LogP contribution in [0.15, 0.2) is 72.8 Å². The van der Waals surface area contributed by atoms with E-state index in [9.17, 15) is 46.1 Å². The number of alkyl halides is 6. The minimum absolute atomic E-state index is 0.0588. The number of aromatic hydroxyl groups is 2. The topological polar surface area (TPSA) is 98.7 Å². The Morgan fingerprint density at radius 1 is 0.533 bits per heavy atom. The van der Waals surface area contributed by atoms with Gasteiger partial charge in [0.1, 0.15) is 11.5 Å². The molecule has 2 amide bonds. The highest BCUT2D eigenvalue weighted by atomic mass is 19.4. The molecule has 4 N–H and O–H groups in total. The standard InChI is InChI=1S/C33H28F6N2O4/c1-17-5-7-21(13-19(17)3)29(44)40-25-15-23(9-11-27(25)42)31(32(34,35)36,33(37,38)39)24-10-12-28(43)26(16-24)41-30(45)22-8-6-18(2)20(4)14-22/h5-16,42-43H,1-4H3,(H,40,44)(H,41,45). The minimum Gasteiger partial charge on any atom is -0.506 e. The van der Waals surface area contributed by atoms with Gasteiger partial charge in [0.05, 0.1) is 11.4 Å². The minimum atomic E-state index is -6.04. The lowest BCUT2D eigenvalue weighted by Gasteiger charge is -2.38. The molecule has 236 valence electrons. The van der Waals surface area contributed by atoms with Crippen molar-refractivity contribution >= 4 is 23.2 Å². The molecule has 0 aliphatic rings. The van der Waals surface area contributed by atoms with E-state index in [1.54, 1.807) is 39.8 Å². The molecule has 4 aromatic carbocycles. The zero-order chi connectivity index (χ0) is 33.5. The second-order valence-electron chi connectivity index (χ2n) is 10.7. The molecule has 4 aromatic rings. The Balaban J connectivity index is 1.85. The monoisotopic (exact) mass is 630 g/mol. The van der Waals surface area contributed by atoms with Gasteiger partial charge in [-0.1, -0.05) is 24.3 Å². The number of hydrogen-bond donors (Lipinski definition) is 4. The quantitative estimate of drug-likeness (QED) is 0.127. The van der Waals surface area contributed by atoms with Crippen molar-refractivity contribution in [3.8, 4) is 11.5 Å². The Labute approximate surface area is 254 Å². The lowest BCUT2D eigenvalue weighted by molar-refractivity contribution is -0.288. The van der Waals surface area contributed by atoms with Gasteiger partial charge < -0.3 is 20.8 Å². The first-order valence-electron chi connectivity index (χ1n) is 13.4. The average molecular weight is 631 g/mol. The number of halogens is 6. The van der Waals surface area contributed by atoms with Crippen LogP contribution in [0.1, 0.15) is 54.1 Å². The lowest BCUT2D eigenvalue weighted by atomic mass is 9.72. The van der Waals surface area contributed by atoms with Crippen LogP contribution in [0.5, 0.6) is 11.5 Å². The van der Waals surface area contributed by atoms with Gasteiger partial charge >= 0.3 is 12.4 Å². The Morgan fingerprint density at radius 2 is 0.889 bits per heavy atom. The van der Waals surface area contributed by atoms with E-state index >= 15 is 0 Å². The van der Waals surface area contributed by atoms with Crippen molar-refractivity contribution in [2.45, 2.75) is 45.5 Å². The SMILES string of the molecule is Cc1ccc(C(=O)Nc2cc(C(c3ccc(O)c(NC(=O)c4ccc(C)c(C)c4)c3)(C(F)(F)F)C(F)(F)F)ccc2O)cc1C. The zero-order valence-electron chi connectivity index (χ0n) is 24.4. The van der Waals surface area contributed by atoms with Crippen molar-refractivity contribution in [3.05, 3.63) is 117 Å². The molecule has 0 aliphatic heterocycles. The number of rotatable bonds is 6. The highest BCUT2D eigenvalue weighted by molar-refractivity contribution is 6.06. The van der Waals surface area contributed by atoms with Crippen LogP contribution in [0.2, 0.25) is 0 Å². The van der Waals surface area contributed by atoms with E-state index in [1.165, 1.54) is 24.3 Å². The highest BCUT2D eigenvalue weighted by Crippen LogP contribution is 2.57. The van der Waals surface area contributed by atoms with Gasteiger partial charge in [-0.05, 0) is 110 Å². The molecule has 0 saturated heterocycles. The van der Waals surface area contributed by atoms with Crippen LogP contribution in [0.3, 0.4) is 0 Å². The molecule has 0 aromatic heterocycles. The fraction of sp³-hybridized carbons (Fsp3) is 0.212. The average Bonchev–Trinajstić information content (AvgIpc) is 2.93. The number of nitrogens with one attached hydrogen (secondary N) is 2. The van der Waals surface area contributed by atoms with Gasteiger partial charge in [-0.15, -0.1) is 0 Å². The third-order valence-electron chi connectivity index (χ3n) is 7.74. The van der Waals surface area contributed by atoms with Crippen molar-refractivity contribution in [2.75, 3.05) is 10.6 Å². The fourth-order valence-electron chi connectivity index (χ4n) is 4.88. The predicted molar refractivity (Wildman–Crippen MR) is 157 cm³/mol. The Bertz CT molecular complexity index is 1670. The zero-order valence-corrected chi connectivity index (χ0v) is 24.4. The normalized spacial score (nSPS) is 12.1. The predicted octanol–water partition coefficient (Wildman–Crippen LogP) is 8.25. The van der Waals surface area contributed by atoms with Gasteiger partial charge in [-0.2, -0.15) is 26.3 Å². The molecule has 0 atom stereocenters. The fourth-order valence-corrected chi connectivity index (χ4v) is 4.88. The third kappa shape index (κ3) is 6.17. The molecule has 0 fully saturated rings. The Kier molecular flexibility index (Phi) is 8.65. The summed E-state index contributed by atoms with van der Waals surface area (Å²) in [7, 11) is 0. The number of phenolic OH excluding ortho intramolecular Hbond substituents is 2. The first-order valence-corrected chi connectivity index (χ1v) is 13.4. The van der Waals surface area contributed by atoms with E-state index in [1.807, 2.05) is 0 Å². The van der Waals surface area contributed by atoms with Gasteiger partial charge in [0.25, 0.3) is 11.8 Å². The maximum Gasteiger partial charge on any atom is 0.411 e. The van der Waals surface area contributed by atoms with E-state index in [0.717, 1.165) is 11.1 Å². The Hall–Kier alpha value is -5.00. The highest BCUT2D eigenvalue weighted by Gasteiger charge is 2.72. The molecule has 0 spiro atoms. The number of carbonyl (C=O) groups is 2. The summed E-state index contributed by atoms with van der Waals surface area (Å²) in [6, 6.07) is 11.9. The summed E-state index contributed by atoms with van der Waals surface area (Å²) in [6.07, 6.45) is -12.1. The van der Waals surface area contributed by atoms with Gasteiger partial charge in [0, 0.05) is 11.1 Å². The summed E-state index contributed by atoms with van der Waals surface area (Å²) in [4.78, 5) is 25.7. The smallest absolute Gasteiger partial charge is 0.411 e. The summed E-state index contributed by atoms with van der Waals surface area (Å²) < 4.78 is 89.4. The van der Waals surface area contributed by atoms with Gasteiger partial charge in [0.15, 0.2) is 0 Å². The van der Waals surface area contributed by atoms with Gasteiger partial charge in [-0.3, -0.25) is 9.59 Å². The summed E-state index contributed by atoms with van der Waals surface area (Å²) >= 11 is 0. The second-order valence-corrected chi connectivity index (χ2v) is 10.7. The third-order valence-corrected chi connectivity index (χ3v) is 7.74. The van der Waals surface area contributed by atoms with Crippen LogP contribution in [0.4, 0.5) is 37.7 Å². The molecule has 0 heterocycles. The summed E-state index contributed by atoms with van der Waals surface area (Å²) in [5, 5.41) is 25.1. The molecule has 0 unspecified atom stereocenters. The van der Waals surface area contributed by atoms with E-state index in [0.29, 0.717) is 47.5 Å². The van der Waals surface area contributed by atoms with Crippen molar-refractivity contribution in [2.24, 2.45) is 0 Å². The number of anilines is 2. The number of benzene rings is 4.